The summed E-state index contributed by atoms with van der Waals surface area (Å²) in [6.07, 6.45) is 1.78. The summed E-state index contributed by atoms with van der Waals surface area (Å²) >= 11 is 5.13. The van der Waals surface area contributed by atoms with Crippen LogP contribution in [0.5, 0.6) is 0 Å². The zero-order chi connectivity index (χ0) is 12.5. The lowest BCUT2D eigenvalue weighted by Crippen LogP contribution is -1.97. The standard InChI is InChI=1S/C13H10BrN3S/c1-15-13-10(14)6-16-12(17-13)9-7-18-11-5-3-2-4-8(9)11/h2-7H,1H3,(H,15,16,17). The average Bonchev–Trinajstić information content (AvgIpc) is 2.83. The molecular weight excluding hydrogens is 310 g/mol. The van der Waals surface area contributed by atoms with E-state index in [9.17, 15) is 0 Å². The molecule has 0 radical (unpaired) electrons. The number of halogens is 1. The topological polar surface area (TPSA) is 37.8 Å². The van der Waals surface area contributed by atoms with Gasteiger partial charge in [-0.3, -0.25) is 0 Å². The first-order valence-electron chi connectivity index (χ1n) is 5.46. The van der Waals surface area contributed by atoms with E-state index in [1.807, 2.05) is 19.2 Å². The Hall–Kier alpha value is -1.46. The molecule has 1 N–H and O–H groups in total. The van der Waals surface area contributed by atoms with Crippen LogP contribution in [0.15, 0.2) is 40.3 Å². The zero-order valence-corrected chi connectivity index (χ0v) is 12.0. The van der Waals surface area contributed by atoms with Crippen LogP contribution in [0.2, 0.25) is 0 Å². The van der Waals surface area contributed by atoms with E-state index in [0.717, 1.165) is 21.7 Å². The van der Waals surface area contributed by atoms with Gasteiger partial charge < -0.3 is 5.32 Å². The number of benzene rings is 1. The number of hydrogen-bond acceptors (Lipinski definition) is 4. The number of nitrogens with one attached hydrogen (secondary N) is 1. The van der Waals surface area contributed by atoms with E-state index in [1.54, 1.807) is 17.5 Å². The average molecular weight is 320 g/mol. The fourth-order valence-corrected chi connectivity index (χ4v) is 3.15. The van der Waals surface area contributed by atoms with Crippen LogP contribution in [0.25, 0.3) is 21.5 Å². The molecule has 0 aliphatic rings. The van der Waals surface area contributed by atoms with Crippen molar-refractivity contribution in [1.82, 2.24) is 9.97 Å². The van der Waals surface area contributed by atoms with Crippen LogP contribution in [0.1, 0.15) is 0 Å². The second-order valence-corrected chi connectivity index (χ2v) is 5.55. The molecular formula is C13H10BrN3S. The molecule has 0 atom stereocenters. The quantitative estimate of drug-likeness (QED) is 0.770. The molecule has 0 spiro atoms. The first kappa shape index (κ1) is 11.6. The second-order valence-electron chi connectivity index (χ2n) is 3.79. The Bertz CT molecular complexity index is 708. The summed E-state index contributed by atoms with van der Waals surface area (Å²) in [6.45, 7) is 0. The lowest BCUT2D eigenvalue weighted by atomic mass is 10.1. The summed E-state index contributed by atoms with van der Waals surface area (Å²) < 4.78 is 2.12. The van der Waals surface area contributed by atoms with Gasteiger partial charge in [-0.1, -0.05) is 18.2 Å². The van der Waals surface area contributed by atoms with Gasteiger partial charge in [0.1, 0.15) is 5.82 Å². The van der Waals surface area contributed by atoms with E-state index in [2.05, 4.69) is 48.7 Å². The van der Waals surface area contributed by atoms with Crippen molar-refractivity contribution in [3.8, 4) is 11.4 Å². The molecule has 0 saturated carbocycles. The molecule has 0 aliphatic heterocycles. The Morgan fingerprint density at radius 1 is 1.28 bits per heavy atom. The van der Waals surface area contributed by atoms with Crippen LogP contribution in [-0.2, 0) is 0 Å². The lowest BCUT2D eigenvalue weighted by molar-refractivity contribution is 1.16. The molecule has 0 amide bonds. The fraction of sp³-hybridized carbons (Fsp3) is 0.0769. The smallest absolute Gasteiger partial charge is 0.163 e. The first-order valence-corrected chi connectivity index (χ1v) is 7.14. The third-order valence-electron chi connectivity index (χ3n) is 2.70. The van der Waals surface area contributed by atoms with Crippen LogP contribution in [0.4, 0.5) is 5.82 Å². The first-order chi connectivity index (χ1) is 8.79. The number of nitrogens with zero attached hydrogens (tertiary/aromatic N) is 2. The molecule has 0 fully saturated rings. The summed E-state index contributed by atoms with van der Waals surface area (Å²) in [6, 6.07) is 8.30. The zero-order valence-electron chi connectivity index (χ0n) is 9.64. The van der Waals surface area contributed by atoms with Crippen molar-refractivity contribution in [3.63, 3.8) is 0 Å². The van der Waals surface area contributed by atoms with Crippen molar-refractivity contribution in [2.45, 2.75) is 0 Å². The molecule has 90 valence electrons. The van der Waals surface area contributed by atoms with Crippen LogP contribution < -0.4 is 5.32 Å². The number of rotatable bonds is 2. The maximum atomic E-state index is 4.52. The van der Waals surface area contributed by atoms with Gasteiger partial charge in [-0.2, -0.15) is 0 Å². The largest absolute Gasteiger partial charge is 0.372 e. The van der Waals surface area contributed by atoms with Crippen molar-refractivity contribution in [2.24, 2.45) is 0 Å². The Balaban J connectivity index is 2.20. The normalized spacial score (nSPS) is 10.8. The van der Waals surface area contributed by atoms with Crippen molar-refractivity contribution >= 4 is 43.2 Å². The van der Waals surface area contributed by atoms with Gasteiger partial charge in [-0.05, 0) is 22.0 Å². The van der Waals surface area contributed by atoms with E-state index >= 15 is 0 Å². The molecule has 0 saturated heterocycles. The molecule has 2 heterocycles. The van der Waals surface area contributed by atoms with E-state index in [0.29, 0.717) is 0 Å². The highest BCUT2D eigenvalue weighted by Gasteiger charge is 2.10. The Morgan fingerprint density at radius 2 is 2.11 bits per heavy atom. The van der Waals surface area contributed by atoms with E-state index < -0.39 is 0 Å². The molecule has 0 aliphatic carbocycles. The molecule has 18 heavy (non-hydrogen) atoms. The van der Waals surface area contributed by atoms with Crippen molar-refractivity contribution in [2.75, 3.05) is 12.4 Å². The molecule has 0 unspecified atom stereocenters. The minimum atomic E-state index is 0.750. The van der Waals surface area contributed by atoms with Gasteiger partial charge in [-0.25, -0.2) is 9.97 Å². The summed E-state index contributed by atoms with van der Waals surface area (Å²) in [5.74, 6) is 1.55. The molecule has 0 bridgehead atoms. The molecule has 3 aromatic rings. The van der Waals surface area contributed by atoms with Crippen LogP contribution >= 0.6 is 27.3 Å². The number of aromatic nitrogens is 2. The van der Waals surface area contributed by atoms with Gasteiger partial charge in [0, 0.05) is 34.3 Å². The highest BCUT2D eigenvalue weighted by molar-refractivity contribution is 9.10. The monoisotopic (exact) mass is 319 g/mol. The Morgan fingerprint density at radius 3 is 2.94 bits per heavy atom. The predicted molar refractivity (Wildman–Crippen MR) is 80.1 cm³/mol. The van der Waals surface area contributed by atoms with Crippen LogP contribution in [-0.4, -0.2) is 17.0 Å². The van der Waals surface area contributed by atoms with E-state index in [1.165, 1.54) is 10.1 Å². The van der Waals surface area contributed by atoms with Gasteiger partial charge in [0.15, 0.2) is 5.82 Å². The third kappa shape index (κ3) is 1.89. The molecule has 5 heteroatoms. The third-order valence-corrected chi connectivity index (χ3v) is 4.25. The second kappa shape index (κ2) is 4.66. The number of fused-ring (bicyclic) bond motifs is 1. The number of hydrogen-bond donors (Lipinski definition) is 1. The Kier molecular flexibility index (Phi) is 3.01. The van der Waals surface area contributed by atoms with Gasteiger partial charge in [0.05, 0.1) is 4.47 Å². The lowest BCUT2D eigenvalue weighted by Gasteiger charge is -2.04. The van der Waals surface area contributed by atoms with Gasteiger partial charge in [0.25, 0.3) is 0 Å². The summed E-state index contributed by atoms with van der Waals surface area (Å²) in [5.41, 5.74) is 1.08. The highest BCUT2D eigenvalue weighted by Crippen LogP contribution is 2.33. The summed E-state index contributed by atoms with van der Waals surface area (Å²) in [7, 11) is 1.85. The minimum absolute atomic E-state index is 0.750. The predicted octanol–water partition coefficient (Wildman–Crippen LogP) is 4.16. The van der Waals surface area contributed by atoms with E-state index in [-0.39, 0.29) is 0 Å². The van der Waals surface area contributed by atoms with Crippen molar-refractivity contribution in [1.29, 1.82) is 0 Å². The molecule has 3 rings (SSSR count). The number of anilines is 1. The molecule has 2 aromatic heterocycles. The number of thiophene rings is 1. The van der Waals surface area contributed by atoms with Gasteiger partial charge >= 0.3 is 0 Å². The molecule has 1 aromatic carbocycles. The SMILES string of the molecule is CNc1nc(-c2csc3ccccc23)ncc1Br. The van der Waals surface area contributed by atoms with Crippen LogP contribution in [0.3, 0.4) is 0 Å². The summed E-state index contributed by atoms with van der Waals surface area (Å²) in [5, 5.41) is 6.36. The Labute approximate surface area is 117 Å². The minimum Gasteiger partial charge on any atom is -0.372 e. The maximum absolute atomic E-state index is 4.52. The maximum Gasteiger partial charge on any atom is 0.163 e. The van der Waals surface area contributed by atoms with Gasteiger partial charge in [0.2, 0.25) is 0 Å². The van der Waals surface area contributed by atoms with Crippen LogP contribution in [0, 0.1) is 0 Å². The van der Waals surface area contributed by atoms with Crippen molar-refractivity contribution < 1.29 is 0 Å². The molecule has 3 nitrogen and oxygen atoms in total. The fourth-order valence-electron chi connectivity index (χ4n) is 1.82. The van der Waals surface area contributed by atoms with E-state index in [4.69, 9.17) is 0 Å². The summed E-state index contributed by atoms with van der Waals surface area (Å²) in [4.78, 5) is 8.91. The van der Waals surface area contributed by atoms with Crippen molar-refractivity contribution in [3.05, 3.63) is 40.3 Å². The highest BCUT2D eigenvalue weighted by atomic mass is 79.9. The van der Waals surface area contributed by atoms with Gasteiger partial charge in [-0.15, -0.1) is 11.3 Å².